The number of nitrogens with zero attached hydrogens (tertiary/aromatic N) is 1. The molecule has 1 unspecified atom stereocenters. The Hall–Kier alpha value is -1.62. The molecule has 4 nitrogen and oxygen atoms in total. The van der Waals surface area contributed by atoms with Gasteiger partial charge in [-0.15, -0.1) is 6.58 Å². The first-order valence-electron chi connectivity index (χ1n) is 7.98. The van der Waals surface area contributed by atoms with Crippen LogP contribution in [0.2, 0.25) is 0 Å². The van der Waals surface area contributed by atoms with Crippen LogP contribution in [0.1, 0.15) is 24.8 Å². The Balaban J connectivity index is 2.26. The molecule has 1 aromatic carbocycles. The van der Waals surface area contributed by atoms with E-state index in [-0.39, 0.29) is 0 Å². The molecule has 0 bridgehead atoms. The molecule has 5 heteroatoms. The van der Waals surface area contributed by atoms with Crippen LogP contribution in [0.4, 0.5) is 0 Å². The fourth-order valence-electron chi connectivity index (χ4n) is 2.14. The van der Waals surface area contributed by atoms with Crippen molar-refractivity contribution in [3.8, 4) is 5.75 Å². The maximum Gasteiger partial charge on any atom is 0.191 e. The third-order valence-corrected chi connectivity index (χ3v) is 4.52. The Morgan fingerprint density at radius 3 is 2.61 bits per heavy atom. The van der Waals surface area contributed by atoms with Crippen molar-refractivity contribution in [2.45, 2.75) is 19.3 Å². The predicted molar refractivity (Wildman–Crippen MR) is 103 cm³/mol. The standard InChI is InChI=1S/C18H29N3OS/c1-5-13-23-14-12-21-18(19-3)20-11-10-15(2)16-6-8-17(22-4)9-7-16/h5-9,15H,1,10-14H2,2-4H3,(H2,19,20,21). The average molecular weight is 336 g/mol. The Morgan fingerprint density at radius 2 is 2.00 bits per heavy atom. The second-order valence-corrected chi connectivity index (χ2v) is 6.40. The van der Waals surface area contributed by atoms with Gasteiger partial charge in [0, 0.05) is 31.6 Å². The minimum atomic E-state index is 0.495. The predicted octanol–water partition coefficient (Wildman–Crippen LogP) is 3.27. The number of aliphatic imine (C=N–C) groups is 1. The number of nitrogens with one attached hydrogen (secondary N) is 2. The molecule has 0 heterocycles. The molecular weight excluding hydrogens is 306 g/mol. The molecule has 0 amide bonds. The minimum absolute atomic E-state index is 0.495. The van der Waals surface area contributed by atoms with Gasteiger partial charge >= 0.3 is 0 Å². The van der Waals surface area contributed by atoms with Crippen LogP contribution in [-0.2, 0) is 0 Å². The van der Waals surface area contributed by atoms with E-state index >= 15 is 0 Å². The number of methoxy groups -OCH3 is 1. The number of hydrogen-bond donors (Lipinski definition) is 2. The van der Waals surface area contributed by atoms with Crippen LogP contribution in [0.15, 0.2) is 41.9 Å². The molecule has 0 spiro atoms. The number of thioether (sulfide) groups is 1. The Kier molecular flexibility index (Phi) is 10.0. The van der Waals surface area contributed by atoms with Crippen molar-refractivity contribution in [2.75, 3.05) is 38.8 Å². The molecule has 2 N–H and O–H groups in total. The maximum absolute atomic E-state index is 5.19. The lowest BCUT2D eigenvalue weighted by atomic mass is 9.98. The largest absolute Gasteiger partial charge is 0.497 e. The zero-order chi connectivity index (χ0) is 16.9. The molecule has 0 aromatic heterocycles. The zero-order valence-corrected chi connectivity index (χ0v) is 15.3. The van der Waals surface area contributed by atoms with E-state index in [0.29, 0.717) is 5.92 Å². The van der Waals surface area contributed by atoms with Gasteiger partial charge < -0.3 is 15.4 Å². The number of guanidine groups is 1. The lowest BCUT2D eigenvalue weighted by Gasteiger charge is -2.15. The second kappa shape index (κ2) is 11.9. The molecule has 0 saturated carbocycles. The minimum Gasteiger partial charge on any atom is -0.497 e. The molecule has 0 radical (unpaired) electrons. The lowest BCUT2D eigenvalue weighted by Crippen LogP contribution is -2.39. The van der Waals surface area contributed by atoms with E-state index in [1.165, 1.54) is 5.56 Å². The van der Waals surface area contributed by atoms with Crippen molar-refractivity contribution >= 4 is 17.7 Å². The van der Waals surface area contributed by atoms with E-state index in [1.54, 1.807) is 14.2 Å². The first-order chi connectivity index (χ1) is 11.2. The van der Waals surface area contributed by atoms with E-state index in [1.807, 2.05) is 30.0 Å². The van der Waals surface area contributed by atoms with E-state index in [4.69, 9.17) is 4.74 Å². The number of rotatable bonds is 10. The molecule has 0 saturated heterocycles. The van der Waals surface area contributed by atoms with Gasteiger partial charge in [-0.25, -0.2) is 0 Å². The molecule has 0 fully saturated rings. The maximum atomic E-state index is 5.19. The van der Waals surface area contributed by atoms with Crippen LogP contribution in [-0.4, -0.2) is 44.7 Å². The van der Waals surface area contributed by atoms with Crippen LogP contribution in [0.3, 0.4) is 0 Å². The first kappa shape index (κ1) is 19.4. The van der Waals surface area contributed by atoms with Gasteiger partial charge in [-0.05, 0) is 30.0 Å². The Bertz CT molecular complexity index is 474. The average Bonchev–Trinajstić information content (AvgIpc) is 2.59. The topological polar surface area (TPSA) is 45.7 Å². The molecule has 0 aliphatic heterocycles. The Morgan fingerprint density at radius 1 is 1.30 bits per heavy atom. The highest BCUT2D eigenvalue weighted by Gasteiger charge is 2.06. The molecule has 23 heavy (non-hydrogen) atoms. The quantitative estimate of drug-likeness (QED) is 0.298. The second-order valence-electron chi connectivity index (χ2n) is 5.25. The van der Waals surface area contributed by atoms with E-state index in [9.17, 15) is 0 Å². The molecule has 1 atom stereocenters. The summed E-state index contributed by atoms with van der Waals surface area (Å²) in [6.07, 6.45) is 2.98. The van der Waals surface area contributed by atoms with Gasteiger partial charge in [-0.3, -0.25) is 4.99 Å². The molecular formula is C18H29N3OS. The summed E-state index contributed by atoms with van der Waals surface area (Å²) >= 11 is 1.86. The summed E-state index contributed by atoms with van der Waals surface area (Å²) < 4.78 is 5.19. The van der Waals surface area contributed by atoms with Crippen LogP contribution in [0.5, 0.6) is 5.75 Å². The van der Waals surface area contributed by atoms with E-state index in [2.05, 4.69) is 41.3 Å². The third kappa shape index (κ3) is 7.98. The molecule has 0 aliphatic rings. The van der Waals surface area contributed by atoms with Crippen LogP contribution in [0.25, 0.3) is 0 Å². The normalized spacial score (nSPS) is 12.6. The van der Waals surface area contributed by atoms with Gasteiger partial charge in [0.15, 0.2) is 5.96 Å². The van der Waals surface area contributed by atoms with E-state index in [0.717, 1.165) is 42.7 Å². The molecule has 1 rings (SSSR count). The highest BCUT2D eigenvalue weighted by molar-refractivity contribution is 7.99. The van der Waals surface area contributed by atoms with Crippen LogP contribution >= 0.6 is 11.8 Å². The van der Waals surface area contributed by atoms with Crippen molar-refractivity contribution in [3.63, 3.8) is 0 Å². The molecule has 0 aliphatic carbocycles. The zero-order valence-electron chi connectivity index (χ0n) is 14.5. The van der Waals surface area contributed by atoms with Crippen molar-refractivity contribution in [3.05, 3.63) is 42.5 Å². The van der Waals surface area contributed by atoms with Crippen molar-refractivity contribution in [1.82, 2.24) is 10.6 Å². The first-order valence-corrected chi connectivity index (χ1v) is 9.13. The number of ether oxygens (including phenoxy) is 1. The Labute approximate surface area is 144 Å². The summed E-state index contributed by atoms with van der Waals surface area (Å²) in [6, 6.07) is 8.29. The highest BCUT2D eigenvalue weighted by atomic mass is 32.2. The van der Waals surface area contributed by atoms with Gasteiger partial charge in [0.25, 0.3) is 0 Å². The van der Waals surface area contributed by atoms with Crippen molar-refractivity contribution in [2.24, 2.45) is 4.99 Å². The lowest BCUT2D eigenvalue weighted by molar-refractivity contribution is 0.414. The van der Waals surface area contributed by atoms with Gasteiger partial charge in [-0.2, -0.15) is 11.8 Å². The summed E-state index contributed by atoms with van der Waals surface area (Å²) in [5.41, 5.74) is 1.33. The SMILES string of the molecule is C=CCSCCNC(=NC)NCCC(C)c1ccc(OC)cc1. The van der Waals surface area contributed by atoms with Crippen LogP contribution < -0.4 is 15.4 Å². The summed E-state index contributed by atoms with van der Waals surface area (Å²) in [4.78, 5) is 4.25. The summed E-state index contributed by atoms with van der Waals surface area (Å²) in [7, 11) is 3.50. The fraction of sp³-hybridized carbons (Fsp3) is 0.500. The fourth-order valence-corrected chi connectivity index (χ4v) is 2.71. The number of benzene rings is 1. The van der Waals surface area contributed by atoms with Crippen molar-refractivity contribution in [1.29, 1.82) is 0 Å². The third-order valence-electron chi connectivity index (χ3n) is 3.55. The van der Waals surface area contributed by atoms with Gasteiger partial charge in [-0.1, -0.05) is 25.1 Å². The van der Waals surface area contributed by atoms with Gasteiger partial charge in [0.2, 0.25) is 0 Å². The van der Waals surface area contributed by atoms with E-state index < -0.39 is 0 Å². The summed E-state index contributed by atoms with van der Waals surface area (Å²) in [5, 5.41) is 6.69. The monoisotopic (exact) mass is 335 g/mol. The van der Waals surface area contributed by atoms with Crippen LogP contribution in [0, 0.1) is 0 Å². The number of hydrogen-bond acceptors (Lipinski definition) is 3. The highest BCUT2D eigenvalue weighted by Crippen LogP contribution is 2.21. The van der Waals surface area contributed by atoms with Crippen molar-refractivity contribution < 1.29 is 4.74 Å². The van der Waals surface area contributed by atoms with Gasteiger partial charge in [0.1, 0.15) is 5.75 Å². The molecule has 128 valence electrons. The molecule has 1 aromatic rings. The summed E-state index contributed by atoms with van der Waals surface area (Å²) in [5.74, 6) is 4.31. The summed E-state index contributed by atoms with van der Waals surface area (Å²) in [6.45, 7) is 7.76. The smallest absolute Gasteiger partial charge is 0.191 e. The van der Waals surface area contributed by atoms with Gasteiger partial charge in [0.05, 0.1) is 7.11 Å².